The normalized spacial score (nSPS) is 25.8. The van der Waals surface area contributed by atoms with E-state index in [-0.39, 0.29) is 17.9 Å². The first-order valence-corrected chi connectivity index (χ1v) is 9.76. The zero-order valence-corrected chi connectivity index (χ0v) is 15.0. The number of hydrogen-bond donors (Lipinski definition) is 0. The molecule has 2 saturated heterocycles. The van der Waals surface area contributed by atoms with Crippen LogP contribution in [0.1, 0.15) is 18.9 Å². The number of nitrogens with zero attached hydrogens (tertiary/aromatic N) is 2. The third-order valence-corrected chi connectivity index (χ3v) is 6.74. The Balaban J connectivity index is 1.76. The fraction of sp³-hybridized carbons (Fsp3) is 0.588. The number of piperidine rings is 1. The molecule has 0 saturated carbocycles. The van der Waals surface area contributed by atoms with Crippen LogP contribution in [0, 0.1) is 12.8 Å². The van der Waals surface area contributed by atoms with E-state index in [1.807, 2.05) is 13.0 Å². The lowest BCUT2D eigenvalue weighted by Gasteiger charge is -2.37. The monoisotopic (exact) mass is 352 g/mol. The molecule has 0 unspecified atom stereocenters. The smallest absolute Gasteiger partial charge is 0.243 e. The number of amides is 1. The SMILES string of the molecule is CC(=O)N1CCO[C@H]2CN(S(=O)(=O)c3cccc(C)c3)CC[C@H]2C1. The standard InChI is InChI=1S/C17H24N2O4S/c1-13-4-3-5-16(10-13)24(21,22)19-7-6-15-11-18(14(2)20)8-9-23-17(15)12-19/h3-5,10,15,17H,6-9,11-12H2,1-2H3/t15-,17-/m0/s1. The summed E-state index contributed by atoms with van der Waals surface area (Å²) in [6.45, 7) is 5.96. The van der Waals surface area contributed by atoms with Crippen LogP contribution >= 0.6 is 0 Å². The van der Waals surface area contributed by atoms with E-state index >= 15 is 0 Å². The second kappa shape index (κ2) is 6.82. The summed E-state index contributed by atoms with van der Waals surface area (Å²) in [7, 11) is -3.50. The van der Waals surface area contributed by atoms with Gasteiger partial charge in [0, 0.05) is 39.0 Å². The van der Waals surface area contributed by atoms with E-state index in [0.717, 1.165) is 5.56 Å². The fourth-order valence-corrected chi connectivity index (χ4v) is 5.02. The predicted molar refractivity (Wildman–Crippen MR) is 90.0 cm³/mol. The molecule has 7 heteroatoms. The van der Waals surface area contributed by atoms with Crippen molar-refractivity contribution in [2.24, 2.45) is 5.92 Å². The number of aryl methyl sites for hydroxylation is 1. The van der Waals surface area contributed by atoms with Crippen LogP contribution in [0.5, 0.6) is 0 Å². The van der Waals surface area contributed by atoms with Gasteiger partial charge < -0.3 is 9.64 Å². The summed E-state index contributed by atoms with van der Waals surface area (Å²) in [6, 6.07) is 6.99. The van der Waals surface area contributed by atoms with Gasteiger partial charge in [-0.05, 0) is 31.0 Å². The van der Waals surface area contributed by atoms with Gasteiger partial charge >= 0.3 is 0 Å². The molecule has 0 radical (unpaired) electrons. The van der Waals surface area contributed by atoms with Crippen LogP contribution in [0.3, 0.4) is 0 Å². The molecule has 1 aromatic carbocycles. The molecule has 0 bridgehead atoms. The van der Waals surface area contributed by atoms with Crippen molar-refractivity contribution in [1.29, 1.82) is 0 Å². The van der Waals surface area contributed by atoms with Gasteiger partial charge in [0.25, 0.3) is 0 Å². The lowest BCUT2D eigenvalue weighted by molar-refractivity contribution is -0.129. The second-order valence-electron chi connectivity index (χ2n) is 6.60. The van der Waals surface area contributed by atoms with E-state index in [1.165, 1.54) is 4.31 Å². The van der Waals surface area contributed by atoms with Crippen molar-refractivity contribution in [2.45, 2.75) is 31.3 Å². The van der Waals surface area contributed by atoms with Crippen LogP contribution in [-0.2, 0) is 19.6 Å². The maximum absolute atomic E-state index is 12.9. The number of fused-ring (bicyclic) bond motifs is 1. The average Bonchev–Trinajstić information content (AvgIpc) is 2.76. The van der Waals surface area contributed by atoms with Gasteiger partial charge in [0.15, 0.2) is 0 Å². The van der Waals surface area contributed by atoms with E-state index in [0.29, 0.717) is 44.1 Å². The Morgan fingerprint density at radius 1 is 1.25 bits per heavy atom. The summed E-state index contributed by atoms with van der Waals surface area (Å²) in [5, 5.41) is 0. The predicted octanol–water partition coefficient (Wildman–Crippen LogP) is 1.25. The van der Waals surface area contributed by atoms with Crippen molar-refractivity contribution in [1.82, 2.24) is 9.21 Å². The number of ether oxygens (including phenoxy) is 1. The topological polar surface area (TPSA) is 66.9 Å². The molecular weight excluding hydrogens is 328 g/mol. The minimum Gasteiger partial charge on any atom is -0.375 e. The minimum absolute atomic E-state index is 0.0501. The number of rotatable bonds is 2. The van der Waals surface area contributed by atoms with Gasteiger partial charge in [0.05, 0.1) is 17.6 Å². The van der Waals surface area contributed by atoms with Crippen LogP contribution in [0.15, 0.2) is 29.2 Å². The Kier molecular flexibility index (Phi) is 4.94. The van der Waals surface area contributed by atoms with Gasteiger partial charge in [-0.3, -0.25) is 4.79 Å². The van der Waals surface area contributed by atoms with Gasteiger partial charge in [-0.15, -0.1) is 0 Å². The number of hydrogen-bond acceptors (Lipinski definition) is 4. The summed E-state index contributed by atoms with van der Waals surface area (Å²) in [4.78, 5) is 13.8. The summed E-state index contributed by atoms with van der Waals surface area (Å²) >= 11 is 0. The highest BCUT2D eigenvalue weighted by Crippen LogP contribution is 2.28. The highest BCUT2D eigenvalue weighted by atomic mass is 32.2. The quantitative estimate of drug-likeness (QED) is 0.803. The first-order valence-electron chi connectivity index (χ1n) is 8.32. The molecule has 24 heavy (non-hydrogen) atoms. The van der Waals surface area contributed by atoms with Gasteiger partial charge in [-0.2, -0.15) is 4.31 Å². The van der Waals surface area contributed by atoms with Crippen LogP contribution in [0.4, 0.5) is 0 Å². The van der Waals surface area contributed by atoms with Gasteiger partial charge in [-0.1, -0.05) is 12.1 Å². The van der Waals surface area contributed by atoms with E-state index in [4.69, 9.17) is 4.74 Å². The number of benzene rings is 1. The highest BCUT2D eigenvalue weighted by Gasteiger charge is 2.38. The molecule has 2 heterocycles. The molecule has 0 aromatic heterocycles. The van der Waals surface area contributed by atoms with Crippen molar-refractivity contribution >= 4 is 15.9 Å². The largest absolute Gasteiger partial charge is 0.375 e. The molecule has 2 atom stereocenters. The number of carbonyl (C=O) groups is 1. The lowest BCUT2D eigenvalue weighted by atomic mass is 9.94. The summed E-state index contributed by atoms with van der Waals surface area (Å²) in [5.74, 6) is 0.245. The Bertz CT molecular complexity index is 719. The molecule has 2 aliphatic rings. The van der Waals surface area contributed by atoms with E-state index in [1.54, 1.807) is 30.0 Å². The van der Waals surface area contributed by atoms with Crippen molar-refractivity contribution < 1.29 is 17.9 Å². The first kappa shape index (κ1) is 17.4. The van der Waals surface area contributed by atoms with Crippen LogP contribution in [-0.4, -0.2) is 62.4 Å². The molecule has 2 fully saturated rings. The number of sulfonamides is 1. The van der Waals surface area contributed by atoms with Crippen molar-refractivity contribution in [2.75, 3.05) is 32.8 Å². The zero-order valence-electron chi connectivity index (χ0n) is 14.1. The maximum atomic E-state index is 12.9. The van der Waals surface area contributed by atoms with Gasteiger partial charge in [0.2, 0.25) is 15.9 Å². The Labute approximate surface area is 143 Å². The third-order valence-electron chi connectivity index (χ3n) is 4.88. The molecule has 132 valence electrons. The van der Waals surface area contributed by atoms with Crippen molar-refractivity contribution in [3.05, 3.63) is 29.8 Å². The van der Waals surface area contributed by atoms with Crippen LogP contribution in [0.25, 0.3) is 0 Å². The summed E-state index contributed by atoms with van der Waals surface area (Å²) < 4.78 is 33.1. The molecule has 6 nitrogen and oxygen atoms in total. The second-order valence-corrected chi connectivity index (χ2v) is 8.54. The van der Waals surface area contributed by atoms with Crippen LogP contribution in [0.2, 0.25) is 0 Å². The first-order chi connectivity index (χ1) is 11.4. The van der Waals surface area contributed by atoms with E-state index in [2.05, 4.69) is 0 Å². The van der Waals surface area contributed by atoms with E-state index < -0.39 is 10.0 Å². The summed E-state index contributed by atoms with van der Waals surface area (Å²) in [6.07, 6.45) is 0.558. The molecule has 0 aliphatic carbocycles. The molecular formula is C17H24N2O4S. The van der Waals surface area contributed by atoms with Gasteiger partial charge in [-0.25, -0.2) is 8.42 Å². The maximum Gasteiger partial charge on any atom is 0.243 e. The summed E-state index contributed by atoms with van der Waals surface area (Å²) in [5.41, 5.74) is 0.925. The molecule has 0 spiro atoms. The minimum atomic E-state index is -3.50. The van der Waals surface area contributed by atoms with E-state index in [9.17, 15) is 13.2 Å². The molecule has 3 rings (SSSR count). The molecule has 0 N–H and O–H groups in total. The Morgan fingerprint density at radius 3 is 2.75 bits per heavy atom. The number of carbonyl (C=O) groups excluding carboxylic acids is 1. The van der Waals surface area contributed by atoms with Gasteiger partial charge in [0.1, 0.15) is 0 Å². The molecule has 1 aromatic rings. The highest BCUT2D eigenvalue weighted by molar-refractivity contribution is 7.89. The average molecular weight is 352 g/mol. The van der Waals surface area contributed by atoms with Crippen LogP contribution < -0.4 is 0 Å². The van der Waals surface area contributed by atoms with Crippen molar-refractivity contribution in [3.63, 3.8) is 0 Å². The Hall–Kier alpha value is -1.44. The molecule has 2 aliphatic heterocycles. The lowest BCUT2D eigenvalue weighted by Crippen LogP contribution is -2.49. The van der Waals surface area contributed by atoms with Crippen molar-refractivity contribution in [3.8, 4) is 0 Å². The Morgan fingerprint density at radius 2 is 2.04 bits per heavy atom. The zero-order chi connectivity index (χ0) is 17.3. The third kappa shape index (κ3) is 3.48. The molecule has 1 amide bonds. The fourth-order valence-electron chi connectivity index (χ4n) is 3.45.